The largest absolute Gasteiger partial charge is 0.325 e. The van der Waals surface area contributed by atoms with E-state index in [2.05, 4.69) is 18.0 Å². The number of carbonyl (C=O) groups excluding carboxylic acids is 3. The van der Waals surface area contributed by atoms with Crippen molar-refractivity contribution in [3.8, 4) is 6.07 Å². The zero-order valence-electron chi connectivity index (χ0n) is 20.7. The predicted molar refractivity (Wildman–Crippen MR) is 143 cm³/mol. The fourth-order valence-corrected chi connectivity index (χ4v) is 5.12. The molecular formula is C29H28N4O3S. The number of benzene rings is 2. The number of aromatic nitrogens is 1. The summed E-state index contributed by atoms with van der Waals surface area (Å²) < 4.78 is 0. The third kappa shape index (κ3) is 6.25. The van der Waals surface area contributed by atoms with E-state index in [9.17, 15) is 19.6 Å². The summed E-state index contributed by atoms with van der Waals surface area (Å²) in [6.45, 7) is 2.30. The number of nitrogens with zero attached hydrogens (tertiary/aromatic N) is 4. The summed E-state index contributed by atoms with van der Waals surface area (Å²) in [5.41, 5.74) is 2.65. The van der Waals surface area contributed by atoms with Gasteiger partial charge in [0.1, 0.15) is 17.1 Å². The number of thioether (sulfide) groups is 1. The van der Waals surface area contributed by atoms with E-state index < -0.39 is 11.9 Å². The van der Waals surface area contributed by atoms with E-state index in [1.807, 2.05) is 42.5 Å². The van der Waals surface area contributed by atoms with E-state index in [1.54, 1.807) is 30.3 Å². The number of amides is 3. The Morgan fingerprint density at radius 2 is 1.78 bits per heavy atom. The Bertz CT molecular complexity index is 1310. The van der Waals surface area contributed by atoms with E-state index >= 15 is 0 Å². The third-order valence-corrected chi connectivity index (χ3v) is 7.16. The van der Waals surface area contributed by atoms with Gasteiger partial charge in [-0.25, -0.2) is 9.88 Å². The van der Waals surface area contributed by atoms with Gasteiger partial charge in [0.05, 0.1) is 23.4 Å². The molecule has 2 heterocycles. The lowest BCUT2D eigenvalue weighted by Gasteiger charge is -2.28. The summed E-state index contributed by atoms with van der Waals surface area (Å²) in [7, 11) is 0. The first-order chi connectivity index (χ1) is 18.0. The molecule has 1 atom stereocenters. The Morgan fingerprint density at radius 3 is 2.46 bits per heavy atom. The monoisotopic (exact) mass is 512 g/mol. The molecule has 2 aromatic carbocycles. The van der Waals surface area contributed by atoms with Gasteiger partial charge in [0, 0.05) is 12.2 Å². The first-order valence-corrected chi connectivity index (χ1v) is 13.3. The van der Waals surface area contributed by atoms with Crippen molar-refractivity contribution in [1.29, 1.82) is 5.26 Å². The Hall–Kier alpha value is -3.96. The van der Waals surface area contributed by atoms with Crippen molar-refractivity contribution in [3.63, 3.8) is 0 Å². The Labute approximate surface area is 221 Å². The topological polar surface area (TPSA) is 94.4 Å². The Balaban J connectivity index is 1.57. The lowest BCUT2D eigenvalue weighted by atomic mass is 10.1. The molecule has 188 valence electrons. The fraction of sp³-hybridized carbons (Fsp3) is 0.276. The van der Waals surface area contributed by atoms with E-state index in [4.69, 9.17) is 0 Å². The van der Waals surface area contributed by atoms with E-state index in [0.29, 0.717) is 16.3 Å². The van der Waals surface area contributed by atoms with Crippen LogP contribution in [-0.2, 0) is 27.3 Å². The number of nitriles is 1. The normalized spacial score (nSPS) is 15.0. The minimum Gasteiger partial charge on any atom is -0.325 e. The van der Waals surface area contributed by atoms with Crippen LogP contribution < -0.4 is 4.90 Å². The molecule has 8 heteroatoms. The van der Waals surface area contributed by atoms with Crippen LogP contribution in [0.3, 0.4) is 0 Å². The number of carbonyl (C=O) groups is 3. The summed E-state index contributed by atoms with van der Waals surface area (Å²) in [6.07, 6.45) is 2.75. The number of pyridine rings is 1. The molecule has 0 spiro atoms. The van der Waals surface area contributed by atoms with Gasteiger partial charge in [-0.05, 0) is 42.7 Å². The molecule has 0 N–H and O–H groups in total. The SMILES string of the molecule is CCCCc1ccc(C#N)c(SCC(=O)N(Cc2ccccc2)C2CC(=O)N(c3ccccc3)C2=O)n1. The van der Waals surface area contributed by atoms with Gasteiger partial charge < -0.3 is 4.90 Å². The van der Waals surface area contributed by atoms with Crippen LogP contribution in [0.2, 0.25) is 0 Å². The lowest BCUT2D eigenvalue weighted by molar-refractivity contribution is -0.136. The summed E-state index contributed by atoms with van der Waals surface area (Å²) in [5, 5.41) is 10.0. The standard InChI is InChI=1S/C29H28N4O3S/c1-2-3-12-23-16-15-22(18-30)28(31-23)37-20-27(35)32(19-21-10-6-4-7-11-21)25-17-26(34)33(29(25)36)24-13-8-5-9-14-24/h4-11,13-16,25H,2-3,12,17,19-20H2,1H3. The molecule has 1 aliphatic heterocycles. The summed E-state index contributed by atoms with van der Waals surface area (Å²) in [5.74, 6) is -1.05. The van der Waals surface area contributed by atoms with Crippen molar-refractivity contribution < 1.29 is 14.4 Å². The van der Waals surface area contributed by atoms with Crippen molar-refractivity contribution in [3.05, 3.63) is 89.6 Å². The molecule has 1 aromatic heterocycles. The number of aryl methyl sites for hydroxylation is 1. The molecule has 0 aliphatic carbocycles. The van der Waals surface area contributed by atoms with E-state index in [1.165, 1.54) is 16.7 Å². The van der Waals surface area contributed by atoms with Gasteiger partial charge in [0.15, 0.2) is 0 Å². The highest BCUT2D eigenvalue weighted by Crippen LogP contribution is 2.28. The molecular weight excluding hydrogens is 484 g/mol. The first-order valence-electron chi connectivity index (χ1n) is 12.3. The number of para-hydroxylation sites is 1. The van der Waals surface area contributed by atoms with Crippen LogP contribution >= 0.6 is 11.8 Å². The van der Waals surface area contributed by atoms with E-state index in [0.717, 1.165) is 35.4 Å². The second-order valence-electron chi connectivity index (χ2n) is 8.79. The molecule has 4 rings (SSSR count). The van der Waals surface area contributed by atoms with Crippen LogP contribution in [0, 0.1) is 11.3 Å². The van der Waals surface area contributed by atoms with Gasteiger partial charge in [-0.1, -0.05) is 73.6 Å². The second-order valence-corrected chi connectivity index (χ2v) is 9.75. The van der Waals surface area contributed by atoms with Crippen molar-refractivity contribution in [2.45, 2.75) is 50.2 Å². The zero-order chi connectivity index (χ0) is 26.2. The Morgan fingerprint density at radius 1 is 1.08 bits per heavy atom. The first kappa shape index (κ1) is 26.1. The van der Waals surface area contributed by atoms with Crippen molar-refractivity contribution in [2.24, 2.45) is 0 Å². The molecule has 1 aliphatic rings. The van der Waals surface area contributed by atoms with Gasteiger partial charge in [-0.2, -0.15) is 5.26 Å². The van der Waals surface area contributed by atoms with Gasteiger partial charge >= 0.3 is 0 Å². The molecule has 0 bridgehead atoms. The van der Waals surface area contributed by atoms with Crippen LogP contribution in [0.15, 0.2) is 77.8 Å². The summed E-state index contributed by atoms with van der Waals surface area (Å²) in [4.78, 5) is 47.1. The number of unbranched alkanes of at least 4 members (excludes halogenated alkanes) is 1. The molecule has 1 saturated heterocycles. The average Bonchev–Trinajstić information content (AvgIpc) is 3.23. The highest BCUT2D eigenvalue weighted by Gasteiger charge is 2.44. The molecule has 1 unspecified atom stereocenters. The van der Waals surface area contributed by atoms with E-state index in [-0.39, 0.29) is 30.5 Å². The van der Waals surface area contributed by atoms with Crippen molar-refractivity contribution in [1.82, 2.24) is 9.88 Å². The second kappa shape index (κ2) is 12.3. The van der Waals surface area contributed by atoms with Crippen LogP contribution in [0.25, 0.3) is 0 Å². The van der Waals surface area contributed by atoms with Crippen LogP contribution in [0.5, 0.6) is 0 Å². The molecule has 3 amide bonds. The highest BCUT2D eigenvalue weighted by molar-refractivity contribution is 8.00. The van der Waals surface area contributed by atoms with Crippen molar-refractivity contribution in [2.75, 3.05) is 10.7 Å². The number of imide groups is 1. The van der Waals surface area contributed by atoms with Gasteiger partial charge in [0.2, 0.25) is 11.8 Å². The van der Waals surface area contributed by atoms with Gasteiger partial charge in [-0.3, -0.25) is 14.4 Å². The third-order valence-electron chi connectivity index (χ3n) is 6.19. The smallest absolute Gasteiger partial charge is 0.257 e. The average molecular weight is 513 g/mol. The number of hydrogen-bond donors (Lipinski definition) is 0. The number of rotatable bonds is 10. The maximum absolute atomic E-state index is 13.6. The van der Waals surface area contributed by atoms with Crippen LogP contribution in [0.4, 0.5) is 5.69 Å². The molecule has 1 fully saturated rings. The molecule has 7 nitrogen and oxygen atoms in total. The molecule has 37 heavy (non-hydrogen) atoms. The number of anilines is 1. The minimum atomic E-state index is -0.903. The molecule has 3 aromatic rings. The molecule has 0 radical (unpaired) electrons. The molecule has 0 saturated carbocycles. The zero-order valence-corrected chi connectivity index (χ0v) is 21.5. The maximum atomic E-state index is 13.6. The van der Waals surface area contributed by atoms with Gasteiger partial charge in [-0.15, -0.1) is 0 Å². The number of hydrogen-bond acceptors (Lipinski definition) is 6. The quantitative estimate of drug-likeness (QED) is 0.287. The lowest BCUT2D eigenvalue weighted by Crippen LogP contribution is -2.45. The maximum Gasteiger partial charge on any atom is 0.257 e. The minimum absolute atomic E-state index is 0.00491. The Kier molecular flexibility index (Phi) is 8.70. The van der Waals surface area contributed by atoms with Crippen LogP contribution in [0.1, 0.15) is 43.0 Å². The summed E-state index contributed by atoms with van der Waals surface area (Å²) in [6, 6.07) is 23.0. The highest BCUT2D eigenvalue weighted by atomic mass is 32.2. The fourth-order valence-electron chi connectivity index (χ4n) is 4.24. The predicted octanol–water partition coefficient (Wildman–Crippen LogP) is 4.75. The van der Waals surface area contributed by atoms with Crippen LogP contribution in [-0.4, -0.2) is 39.4 Å². The van der Waals surface area contributed by atoms with Gasteiger partial charge in [0.25, 0.3) is 5.91 Å². The van der Waals surface area contributed by atoms with Crippen molar-refractivity contribution >= 4 is 35.2 Å². The summed E-state index contributed by atoms with van der Waals surface area (Å²) >= 11 is 1.19.